The number of aliphatic hydroxyl groups excluding tert-OH is 1. The number of nitrogens with zero attached hydrogens (tertiary/aromatic N) is 3. The lowest BCUT2D eigenvalue weighted by molar-refractivity contribution is 0.0670. The minimum absolute atomic E-state index is 0.155. The van der Waals surface area contributed by atoms with Gasteiger partial charge in [0.15, 0.2) is 11.4 Å². The van der Waals surface area contributed by atoms with Crippen LogP contribution in [0.15, 0.2) is 35.6 Å². The van der Waals surface area contributed by atoms with E-state index in [0.717, 1.165) is 16.7 Å². The Balaban J connectivity index is 1.95. The van der Waals surface area contributed by atoms with E-state index < -0.39 is 0 Å². The number of amides is 1. The number of hydrogen-bond acceptors (Lipinski definition) is 6. The van der Waals surface area contributed by atoms with E-state index in [9.17, 15) is 9.90 Å². The van der Waals surface area contributed by atoms with Crippen molar-refractivity contribution in [2.24, 2.45) is 5.16 Å². The number of aryl methyl sites for hydroxylation is 1. The number of rotatable bonds is 5. The summed E-state index contributed by atoms with van der Waals surface area (Å²) in [4.78, 5) is 23.9. The molecule has 1 saturated heterocycles. The van der Waals surface area contributed by atoms with Gasteiger partial charge in [-0.05, 0) is 36.6 Å². The van der Waals surface area contributed by atoms with Crippen molar-refractivity contribution in [2.75, 3.05) is 27.4 Å². The number of pyridine rings is 1. The molecule has 7 heteroatoms. The molecule has 1 fully saturated rings. The van der Waals surface area contributed by atoms with E-state index >= 15 is 0 Å². The normalized spacial score (nSPS) is 17.8. The second-order valence-electron chi connectivity index (χ2n) is 6.84. The molecule has 1 atom stereocenters. The van der Waals surface area contributed by atoms with Crippen LogP contribution in [-0.2, 0) is 4.84 Å². The number of benzene rings is 1. The van der Waals surface area contributed by atoms with Crippen LogP contribution in [0.1, 0.15) is 28.0 Å². The van der Waals surface area contributed by atoms with Gasteiger partial charge in [-0.3, -0.25) is 4.79 Å². The highest BCUT2D eigenvalue weighted by atomic mass is 16.6. The fourth-order valence-electron chi connectivity index (χ4n) is 3.48. The molecule has 7 nitrogen and oxygen atoms in total. The van der Waals surface area contributed by atoms with Crippen molar-refractivity contribution >= 4 is 11.6 Å². The zero-order valence-corrected chi connectivity index (χ0v) is 16.6. The largest absolute Gasteiger partial charge is 0.494 e. The maximum atomic E-state index is 13.1. The molecule has 1 amide bonds. The van der Waals surface area contributed by atoms with E-state index in [-0.39, 0.29) is 24.2 Å². The lowest BCUT2D eigenvalue weighted by Crippen LogP contribution is -2.38. The quantitative estimate of drug-likeness (QED) is 0.803. The zero-order chi connectivity index (χ0) is 20.3. The first-order chi connectivity index (χ1) is 13.5. The summed E-state index contributed by atoms with van der Waals surface area (Å²) in [5.41, 5.74) is 5.20. The molecule has 2 aromatic rings. The number of hydrogen-bond donors (Lipinski definition) is 1. The van der Waals surface area contributed by atoms with Crippen LogP contribution in [0.2, 0.25) is 0 Å². The highest BCUT2D eigenvalue weighted by Crippen LogP contribution is 2.30. The van der Waals surface area contributed by atoms with Crippen molar-refractivity contribution in [3.05, 3.63) is 47.3 Å². The number of methoxy groups -OCH3 is 1. The van der Waals surface area contributed by atoms with Crippen LogP contribution in [0.3, 0.4) is 0 Å². The third-order valence-electron chi connectivity index (χ3n) is 5.15. The zero-order valence-electron chi connectivity index (χ0n) is 16.6. The second kappa shape index (κ2) is 8.39. The Hall–Kier alpha value is -2.93. The molecule has 0 bridgehead atoms. The van der Waals surface area contributed by atoms with Crippen molar-refractivity contribution < 1.29 is 19.5 Å². The minimum atomic E-state index is -0.355. The van der Waals surface area contributed by atoms with E-state index in [1.165, 1.54) is 19.8 Å². The Morgan fingerprint density at radius 1 is 1.36 bits per heavy atom. The molecule has 0 unspecified atom stereocenters. The van der Waals surface area contributed by atoms with Crippen molar-refractivity contribution in [3.63, 3.8) is 0 Å². The molecule has 1 aliphatic rings. The average molecular weight is 383 g/mol. The van der Waals surface area contributed by atoms with Gasteiger partial charge in [0.25, 0.3) is 5.91 Å². The summed E-state index contributed by atoms with van der Waals surface area (Å²) in [6.45, 7) is 4.25. The molecule has 28 heavy (non-hydrogen) atoms. The van der Waals surface area contributed by atoms with Crippen LogP contribution >= 0.6 is 0 Å². The van der Waals surface area contributed by atoms with Gasteiger partial charge >= 0.3 is 0 Å². The Morgan fingerprint density at radius 3 is 2.82 bits per heavy atom. The topological polar surface area (TPSA) is 84.3 Å². The van der Waals surface area contributed by atoms with Crippen LogP contribution in [0.25, 0.3) is 11.1 Å². The Kier molecular flexibility index (Phi) is 5.94. The lowest BCUT2D eigenvalue weighted by Gasteiger charge is -2.22. The van der Waals surface area contributed by atoms with E-state index in [4.69, 9.17) is 9.57 Å². The van der Waals surface area contributed by atoms with Crippen LogP contribution in [0, 0.1) is 13.8 Å². The van der Waals surface area contributed by atoms with Crippen molar-refractivity contribution in [2.45, 2.75) is 26.3 Å². The molecule has 0 radical (unpaired) electrons. The van der Waals surface area contributed by atoms with E-state index in [1.54, 1.807) is 11.1 Å². The maximum Gasteiger partial charge on any atom is 0.276 e. The Bertz CT molecular complexity index is 911. The molecule has 1 aliphatic heterocycles. The van der Waals surface area contributed by atoms with Crippen LogP contribution < -0.4 is 4.74 Å². The van der Waals surface area contributed by atoms with Gasteiger partial charge in [-0.15, -0.1) is 0 Å². The average Bonchev–Trinajstić information content (AvgIpc) is 3.12. The van der Waals surface area contributed by atoms with Gasteiger partial charge in [-0.1, -0.05) is 23.4 Å². The number of ether oxygens (including phenoxy) is 1. The van der Waals surface area contributed by atoms with Crippen LogP contribution in [0.4, 0.5) is 0 Å². The summed E-state index contributed by atoms with van der Waals surface area (Å²) >= 11 is 0. The number of aliphatic hydroxyl groups is 1. The number of likely N-dealkylation sites (tertiary alicyclic amines) is 1. The predicted molar refractivity (Wildman–Crippen MR) is 107 cm³/mol. The first-order valence-corrected chi connectivity index (χ1v) is 9.11. The highest BCUT2D eigenvalue weighted by molar-refractivity contribution is 6.01. The van der Waals surface area contributed by atoms with Gasteiger partial charge in [0.1, 0.15) is 7.11 Å². The van der Waals surface area contributed by atoms with Gasteiger partial charge < -0.3 is 19.6 Å². The molecule has 148 valence electrons. The van der Waals surface area contributed by atoms with E-state index in [1.807, 2.05) is 18.2 Å². The molecule has 0 aliphatic carbocycles. The molecule has 1 aromatic heterocycles. The van der Waals surface area contributed by atoms with Gasteiger partial charge in [-0.25, -0.2) is 4.98 Å². The molecular formula is C21H25N3O4. The molecule has 1 aromatic carbocycles. The fraction of sp³-hybridized carbons (Fsp3) is 0.381. The molecule has 3 rings (SSSR count). The number of aromatic nitrogens is 1. The van der Waals surface area contributed by atoms with E-state index in [0.29, 0.717) is 24.4 Å². The van der Waals surface area contributed by atoms with Crippen molar-refractivity contribution in [3.8, 4) is 16.9 Å². The predicted octanol–water partition coefficient (Wildman–Crippen LogP) is 2.58. The summed E-state index contributed by atoms with van der Waals surface area (Å²) in [6, 6.07) is 7.55. The number of carbonyl (C=O) groups is 1. The van der Waals surface area contributed by atoms with Gasteiger partial charge in [-0.2, -0.15) is 0 Å². The molecule has 1 N–H and O–H groups in total. The standard InChI is InChI=1S/C21H25N3O4/c1-13-6-5-7-18(14(13)2)15-8-19(27-3)20(22-10-15)21(26)24-11-16(23-28-4)9-17(24)12-25/h5-8,10,17,25H,9,11-12H2,1-4H3/b23-16+/t17-/m0/s1. The first kappa shape index (κ1) is 19.8. The maximum absolute atomic E-state index is 13.1. The smallest absolute Gasteiger partial charge is 0.276 e. The highest BCUT2D eigenvalue weighted by Gasteiger charge is 2.35. The van der Waals surface area contributed by atoms with E-state index in [2.05, 4.69) is 30.1 Å². The Labute approximate surface area is 164 Å². The summed E-state index contributed by atoms with van der Waals surface area (Å²) < 4.78 is 5.47. The van der Waals surface area contributed by atoms with Crippen molar-refractivity contribution in [1.29, 1.82) is 0 Å². The van der Waals surface area contributed by atoms with Gasteiger partial charge in [0, 0.05) is 18.2 Å². The SMILES string of the molecule is CO/N=C1\C[C@@H](CO)N(C(=O)c2ncc(-c3cccc(C)c3C)cc2OC)C1. The first-order valence-electron chi connectivity index (χ1n) is 9.11. The third kappa shape index (κ3) is 3.71. The number of carbonyl (C=O) groups excluding carboxylic acids is 1. The van der Waals surface area contributed by atoms with Crippen LogP contribution in [0.5, 0.6) is 5.75 Å². The summed E-state index contributed by atoms with van der Waals surface area (Å²) in [6.07, 6.45) is 2.16. The molecule has 0 saturated carbocycles. The summed E-state index contributed by atoms with van der Waals surface area (Å²) in [5, 5.41) is 13.6. The molecule has 2 heterocycles. The molecule has 0 spiro atoms. The monoisotopic (exact) mass is 383 g/mol. The van der Waals surface area contributed by atoms with Gasteiger partial charge in [0.2, 0.25) is 0 Å². The van der Waals surface area contributed by atoms with Gasteiger partial charge in [0.05, 0.1) is 32.0 Å². The molecular weight excluding hydrogens is 358 g/mol. The van der Waals surface area contributed by atoms with Crippen LogP contribution in [-0.4, -0.2) is 60.0 Å². The number of oxime groups is 1. The summed E-state index contributed by atoms with van der Waals surface area (Å²) in [7, 11) is 2.98. The lowest BCUT2D eigenvalue weighted by atomic mass is 9.98. The fourth-order valence-corrected chi connectivity index (χ4v) is 3.48. The second-order valence-corrected chi connectivity index (χ2v) is 6.84. The Morgan fingerprint density at radius 2 is 2.14 bits per heavy atom. The van der Waals surface area contributed by atoms with Crippen molar-refractivity contribution in [1.82, 2.24) is 9.88 Å². The summed E-state index contributed by atoms with van der Waals surface area (Å²) in [5.74, 6) is 0.0990. The third-order valence-corrected chi connectivity index (χ3v) is 5.15. The minimum Gasteiger partial charge on any atom is -0.494 e.